The lowest BCUT2D eigenvalue weighted by atomic mass is 9.95. The van der Waals surface area contributed by atoms with Crippen LogP contribution in [0.25, 0.3) is 12.2 Å². The third kappa shape index (κ3) is 3.10. The first-order valence-corrected chi connectivity index (χ1v) is 8.33. The van der Waals surface area contributed by atoms with Crippen LogP contribution in [0.15, 0.2) is 46.2 Å². The fourth-order valence-corrected chi connectivity index (χ4v) is 3.83. The molecule has 0 amide bonds. The molecular formula is C16H17NOS2. The van der Waals surface area contributed by atoms with Gasteiger partial charge in [0.2, 0.25) is 0 Å². The summed E-state index contributed by atoms with van der Waals surface area (Å²) >= 11 is 3.41. The fraction of sp³-hybridized carbons (Fsp3) is 0.250. The highest BCUT2D eigenvalue weighted by atomic mass is 32.1. The molecule has 1 aliphatic rings. The van der Waals surface area contributed by atoms with Crippen LogP contribution in [0.3, 0.4) is 0 Å². The van der Waals surface area contributed by atoms with Crippen molar-refractivity contribution in [2.24, 2.45) is 0 Å². The summed E-state index contributed by atoms with van der Waals surface area (Å²) < 4.78 is 0. The second-order valence-electron chi connectivity index (χ2n) is 5.04. The predicted octanol–water partition coefficient (Wildman–Crippen LogP) is 3.58. The summed E-state index contributed by atoms with van der Waals surface area (Å²) in [6.07, 6.45) is 3.77. The first-order chi connectivity index (χ1) is 9.72. The summed E-state index contributed by atoms with van der Waals surface area (Å²) in [5, 5.41) is 14.7. The van der Waals surface area contributed by atoms with Crippen LogP contribution in [0.2, 0.25) is 0 Å². The molecule has 0 aliphatic carbocycles. The van der Waals surface area contributed by atoms with Gasteiger partial charge in [-0.05, 0) is 53.2 Å². The summed E-state index contributed by atoms with van der Waals surface area (Å²) in [7, 11) is 2.09. The monoisotopic (exact) mass is 303 g/mol. The molecule has 2 aromatic rings. The van der Waals surface area contributed by atoms with Crippen LogP contribution in [0.4, 0.5) is 0 Å². The van der Waals surface area contributed by atoms with E-state index in [2.05, 4.69) is 47.0 Å². The van der Waals surface area contributed by atoms with Crippen molar-refractivity contribution in [3.8, 4) is 0 Å². The Bertz CT molecular complexity index is 557. The quantitative estimate of drug-likeness (QED) is 0.916. The normalized spacial score (nSPS) is 24.6. The van der Waals surface area contributed by atoms with E-state index in [4.69, 9.17) is 0 Å². The summed E-state index contributed by atoms with van der Waals surface area (Å²) in [5.74, 6) is 0. The summed E-state index contributed by atoms with van der Waals surface area (Å²) in [6.45, 7) is 1.64. The average Bonchev–Trinajstić information content (AvgIpc) is 3.08. The van der Waals surface area contributed by atoms with Crippen molar-refractivity contribution in [3.63, 3.8) is 0 Å². The van der Waals surface area contributed by atoms with E-state index in [0.717, 1.165) is 24.2 Å². The van der Waals surface area contributed by atoms with Crippen molar-refractivity contribution < 1.29 is 5.11 Å². The molecule has 1 saturated heterocycles. The second-order valence-corrected chi connectivity index (χ2v) is 7.00. The number of aliphatic hydroxyl groups is 1. The van der Waals surface area contributed by atoms with E-state index >= 15 is 0 Å². The van der Waals surface area contributed by atoms with Gasteiger partial charge in [-0.2, -0.15) is 0 Å². The molecule has 0 bridgehead atoms. The highest BCUT2D eigenvalue weighted by Crippen LogP contribution is 2.26. The van der Waals surface area contributed by atoms with Crippen molar-refractivity contribution in [3.05, 3.63) is 55.9 Å². The number of hydrogen-bond acceptors (Lipinski definition) is 4. The van der Waals surface area contributed by atoms with Gasteiger partial charge in [0.25, 0.3) is 0 Å². The maximum Gasteiger partial charge on any atom is 0.0992 e. The number of likely N-dealkylation sites (tertiary alicyclic amines) is 1. The van der Waals surface area contributed by atoms with Gasteiger partial charge in [0.15, 0.2) is 0 Å². The van der Waals surface area contributed by atoms with Crippen molar-refractivity contribution in [1.29, 1.82) is 0 Å². The topological polar surface area (TPSA) is 23.5 Å². The van der Waals surface area contributed by atoms with Gasteiger partial charge in [0.05, 0.1) is 6.10 Å². The lowest BCUT2D eigenvalue weighted by Crippen LogP contribution is -2.37. The third-order valence-corrected chi connectivity index (χ3v) is 4.99. The highest BCUT2D eigenvalue weighted by molar-refractivity contribution is 7.11. The van der Waals surface area contributed by atoms with E-state index in [0.29, 0.717) is 0 Å². The highest BCUT2D eigenvalue weighted by Gasteiger charge is 2.24. The lowest BCUT2D eigenvalue weighted by molar-refractivity contribution is 0.198. The minimum atomic E-state index is -0.463. The van der Waals surface area contributed by atoms with Gasteiger partial charge in [0.1, 0.15) is 0 Å². The number of rotatable bonds is 2. The predicted molar refractivity (Wildman–Crippen MR) is 88.1 cm³/mol. The molecule has 3 rings (SSSR count). The van der Waals surface area contributed by atoms with Gasteiger partial charge in [-0.15, -0.1) is 22.7 Å². The maximum atomic E-state index is 10.6. The van der Waals surface area contributed by atoms with Gasteiger partial charge in [-0.1, -0.05) is 12.1 Å². The van der Waals surface area contributed by atoms with Gasteiger partial charge in [-0.3, -0.25) is 4.90 Å². The van der Waals surface area contributed by atoms with E-state index in [1.165, 1.54) is 9.75 Å². The third-order valence-electron chi connectivity index (χ3n) is 3.35. The Hall–Kier alpha value is -1.20. The second kappa shape index (κ2) is 6.06. The zero-order valence-corrected chi connectivity index (χ0v) is 13.0. The molecule has 0 radical (unpaired) electrons. The minimum absolute atomic E-state index is 0.463. The molecule has 0 spiro atoms. The van der Waals surface area contributed by atoms with Crippen molar-refractivity contribution >= 4 is 34.8 Å². The zero-order valence-electron chi connectivity index (χ0n) is 11.3. The molecule has 20 heavy (non-hydrogen) atoms. The molecule has 1 fully saturated rings. The number of piperidine rings is 1. The molecule has 1 atom stereocenters. The standard InChI is InChI=1S/C16H17NOS2/c1-17-10-12(8-14-4-2-6-19-14)16(18)13(11-17)9-15-5-3-7-20-15/h2-9,16,18H,10-11H2,1H3/b12-8-,13-9+. The molecule has 3 heterocycles. The molecule has 104 valence electrons. The van der Waals surface area contributed by atoms with Crippen molar-refractivity contribution in [2.45, 2.75) is 6.10 Å². The number of likely N-dealkylation sites (N-methyl/N-ethyl adjacent to an activating group) is 1. The summed E-state index contributed by atoms with van der Waals surface area (Å²) in [5.41, 5.74) is 2.15. The van der Waals surface area contributed by atoms with Crippen molar-refractivity contribution in [1.82, 2.24) is 4.90 Å². The number of aliphatic hydroxyl groups excluding tert-OH is 1. The molecule has 0 aromatic carbocycles. The van der Waals surface area contributed by atoms with E-state index in [-0.39, 0.29) is 0 Å². The first kappa shape index (κ1) is 13.8. The van der Waals surface area contributed by atoms with E-state index in [9.17, 15) is 5.11 Å². The Kier molecular flexibility index (Phi) is 4.17. The number of hydrogen-bond donors (Lipinski definition) is 1. The largest absolute Gasteiger partial charge is 0.384 e. The van der Waals surface area contributed by atoms with Crippen LogP contribution in [-0.2, 0) is 0 Å². The number of nitrogens with zero attached hydrogens (tertiary/aromatic N) is 1. The average molecular weight is 303 g/mol. The molecule has 1 N–H and O–H groups in total. The van der Waals surface area contributed by atoms with Crippen LogP contribution >= 0.6 is 22.7 Å². The molecule has 1 aliphatic heterocycles. The van der Waals surface area contributed by atoms with Gasteiger partial charge < -0.3 is 5.11 Å². The lowest BCUT2D eigenvalue weighted by Gasteiger charge is -2.31. The van der Waals surface area contributed by atoms with Crippen LogP contribution in [-0.4, -0.2) is 36.2 Å². The van der Waals surface area contributed by atoms with Crippen molar-refractivity contribution in [2.75, 3.05) is 20.1 Å². The summed E-state index contributed by atoms with van der Waals surface area (Å²) in [6, 6.07) is 8.25. The van der Waals surface area contributed by atoms with Crippen LogP contribution in [0.1, 0.15) is 9.75 Å². The van der Waals surface area contributed by atoms with E-state index < -0.39 is 6.10 Å². The molecule has 0 saturated carbocycles. The Morgan fingerprint density at radius 2 is 1.55 bits per heavy atom. The molecule has 2 aromatic heterocycles. The Morgan fingerprint density at radius 1 is 1.05 bits per heavy atom. The Balaban J connectivity index is 1.90. The summed E-state index contributed by atoms with van der Waals surface area (Å²) in [4.78, 5) is 4.64. The van der Waals surface area contributed by atoms with E-state index in [1.807, 2.05) is 12.1 Å². The van der Waals surface area contributed by atoms with Crippen LogP contribution in [0, 0.1) is 0 Å². The molecule has 4 heteroatoms. The Morgan fingerprint density at radius 3 is 1.95 bits per heavy atom. The minimum Gasteiger partial charge on any atom is -0.384 e. The van der Waals surface area contributed by atoms with Gasteiger partial charge in [0, 0.05) is 22.8 Å². The first-order valence-electron chi connectivity index (χ1n) is 6.57. The Labute approximate surface area is 127 Å². The zero-order chi connectivity index (χ0) is 13.9. The van der Waals surface area contributed by atoms with Gasteiger partial charge in [-0.25, -0.2) is 0 Å². The SMILES string of the molecule is CN1C/C(=C/c2cccs2)C(O)/C(=C/c2cccs2)C1. The molecule has 1 unspecified atom stereocenters. The smallest absolute Gasteiger partial charge is 0.0992 e. The van der Waals surface area contributed by atoms with E-state index in [1.54, 1.807) is 22.7 Å². The maximum absolute atomic E-state index is 10.6. The van der Waals surface area contributed by atoms with Crippen LogP contribution in [0.5, 0.6) is 0 Å². The fourth-order valence-electron chi connectivity index (χ4n) is 2.45. The molecule has 2 nitrogen and oxygen atoms in total. The van der Waals surface area contributed by atoms with Gasteiger partial charge >= 0.3 is 0 Å². The molecular weight excluding hydrogens is 286 g/mol. The number of thiophene rings is 2. The van der Waals surface area contributed by atoms with Crippen LogP contribution < -0.4 is 0 Å².